The molecule has 0 aliphatic carbocycles. The third-order valence-corrected chi connectivity index (χ3v) is 2.90. The van der Waals surface area contributed by atoms with Gasteiger partial charge in [-0.1, -0.05) is 25.4 Å². The summed E-state index contributed by atoms with van der Waals surface area (Å²) in [6.07, 6.45) is 0. The van der Waals surface area contributed by atoms with E-state index in [0.29, 0.717) is 21.7 Å². The fraction of sp³-hybridized carbons (Fsp3) is 0.400. The zero-order valence-corrected chi connectivity index (χ0v) is 10.1. The molecule has 0 fully saturated rings. The quantitative estimate of drug-likeness (QED) is 0.654. The zero-order chi connectivity index (χ0) is 11.4. The van der Waals surface area contributed by atoms with E-state index in [-0.39, 0.29) is 0 Å². The van der Waals surface area contributed by atoms with Crippen molar-refractivity contribution in [3.8, 4) is 0 Å². The number of carbonyl (C=O) groups is 2. The molecule has 15 heavy (non-hydrogen) atoms. The molecule has 1 aromatic rings. The first kappa shape index (κ1) is 12.2. The molecule has 1 rings (SSSR count). The molecule has 5 heteroatoms. The SMILES string of the molecule is CC(C)CNC(=O)C(=O)c1ccc(Cl)s1. The summed E-state index contributed by atoms with van der Waals surface area (Å²) in [5, 5.41) is 2.56. The molecular formula is C10H12ClNO2S. The van der Waals surface area contributed by atoms with Gasteiger partial charge in [-0.15, -0.1) is 11.3 Å². The number of thiophene rings is 1. The molecule has 1 amide bonds. The topological polar surface area (TPSA) is 46.2 Å². The van der Waals surface area contributed by atoms with Gasteiger partial charge in [0.1, 0.15) is 0 Å². The van der Waals surface area contributed by atoms with Crippen LogP contribution < -0.4 is 5.32 Å². The minimum absolute atomic E-state index is 0.327. The van der Waals surface area contributed by atoms with Crippen molar-refractivity contribution in [2.75, 3.05) is 6.54 Å². The van der Waals surface area contributed by atoms with E-state index in [1.807, 2.05) is 13.8 Å². The van der Waals surface area contributed by atoms with Gasteiger partial charge >= 0.3 is 0 Å². The van der Waals surface area contributed by atoms with Crippen LogP contribution in [0.15, 0.2) is 12.1 Å². The lowest BCUT2D eigenvalue weighted by Crippen LogP contribution is -2.33. The lowest BCUT2D eigenvalue weighted by atomic mass is 10.2. The van der Waals surface area contributed by atoms with Gasteiger partial charge in [-0.3, -0.25) is 9.59 Å². The maximum absolute atomic E-state index is 11.5. The maximum atomic E-state index is 11.5. The third kappa shape index (κ3) is 3.64. The molecule has 1 N–H and O–H groups in total. The number of amides is 1. The predicted molar refractivity (Wildman–Crippen MR) is 61.5 cm³/mol. The molecule has 1 aromatic heterocycles. The average Bonchev–Trinajstić information content (AvgIpc) is 2.60. The normalized spacial score (nSPS) is 10.4. The monoisotopic (exact) mass is 245 g/mol. The Hall–Kier alpha value is -0.870. The van der Waals surface area contributed by atoms with Gasteiger partial charge in [0.15, 0.2) is 0 Å². The van der Waals surface area contributed by atoms with Crippen molar-refractivity contribution in [3.63, 3.8) is 0 Å². The number of hydrogen-bond donors (Lipinski definition) is 1. The van der Waals surface area contributed by atoms with Crippen LogP contribution in [0, 0.1) is 5.92 Å². The molecule has 3 nitrogen and oxygen atoms in total. The minimum atomic E-state index is -0.567. The van der Waals surface area contributed by atoms with E-state index in [4.69, 9.17) is 11.6 Å². The van der Waals surface area contributed by atoms with Crippen LogP contribution in [0.3, 0.4) is 0 Å². The van der Waals surface area contributed by atoms with Gasteiger partial charge in [-0.25, -0.2) is 0 Å². The lowest BCUT2D eigenvalue weighted by Gasteiger charge is -2.05. The van der Waals surface area contributed by atoms with Crippen molar-refractivity contribution >= 4 is 34.6 Å². The van der Waals surface area contributed by atoms with Crippen molar-refractivity contribution in [2.45, 2.75) is 13.8 Å². The summed E-state index contributed by atoms with van der Waals surface area (Å²) in [5.74, 6) is -0.761. The fourth-order valence-corrected chi connectivity index (χ4v) is 1.91. The maximum Gasteiger partial charge on any atom is 0.293 e. The first-order chi connectivity index (χ1) is 7.00. The van der Waals surface area contributed by atoms with Crippen LogP contribution >= 0.6 is 22.9 Å². The van der Waals surface area contributed by atoms with Crippen LogP contribution in [0.4, 0.5) is 0 Å². The van der Waals surface area contributed by atoms with Crippen molar-refractivity contribution in [3.05, 3.63) is 21.3 Å². The molecule has 0 radical (unpaired) electrons. The van der Waals surface area contributed by atoms with Crippen LogP contribution in [0.25, 0.3) is 0 Å². The molecule has 0 saturated heterocycles. The number of ketones is 1. The lowest BCUT2D eigenvalue weighted by molar-refractivity contribution is -0.117. The van der Waals surface area contributed by atoms with Crippen LogP contribution in [-0.2, 0) is 4.79 Å². The van der Waals surface area contributed by atoms with Gasteiger partial charge in [-0.2, -0.15) is 0 Å². The summed E-state index contributed by atoms with van der Waals surface area (Å²) < 4.78 is 0.509. The summed E-state index contributed by atoms with van der Waals surface area (Å²) in [6, 6.07) is 3.17. The Morgan fingerprint density at radius 1 is 1.47 bits per heavy atom. The molecule has 0 aliphatic heterocycles. The smallest absolute Gasteiger partial charge is 0.293 e. The summed E-state index contributed by atoms with van der Waals surface area (Å²) in [4.78, 5) is 23.2. The molecule has 0 saturated carbocycles. The summed E-state index contributed by atoms with van der Waals surface area (Å²) >= 11 is 6.78. The highest BCUT2D eigenvalue weighted by molar-refractivity contribution is 7.18. The van der Waals surface area contributed by atoms with Crippen molar-refractivity contribution in [1.29, 1.82) is 0 Å². The number of Topliss-reactive ketones (excluding diaryl/α,β-unsaturated/α-hetero) is 1. The van der Waals surface area contributed by atoms with E-state index < -0.39 is 11.7 Å². The fourth-order valence-electron chi connectivity index (χ4n) is 0.925. The van der Waals surface area contributed by atoms with Gasteiger partial charge in [-0.05, 0) is 18.1 Å². The highest BCUT2D eigenvalue weighted by Crippen LogP contribution is 2.21. The number of hydrogen-bond acceptors (Lipinski definition) is 3. The minimum Gasteiger partial charge on any atom is -0.349 e. The standard InChI is InChI=1S/C10H12ClNO2S/c1-6(2)5-12-10(14)9(13)7-3-4-8(11)15-7/h3-4,6H,5H2,1-2H3,(H,12,14). The zero-order valence-electron chi connectivity index (χ0n) is 8.54. The number of halogens is 1. The third-order valence-electron chi connectivity index (χ3n) is 1.67. The molecule has 0 aliphatic rings. The van der Waals surface area contributed by atoms with Gasteiger partial charge in [0, 0.05) is 6.54 Å². The Bertz CT molecular complexity index is 373. The second-order valence-electron chi connectivity index (χ2n) is 3.54. The molecule has 1 heterocycles. The average molecular weight is 246 g/mol. The first-order valence-electron chi connectivity index (χ1n) is 4.58. The first-order valence-corrected chi connectivity index (χ1v) is 5.78. The molecule has 0 spiro atoms. The van der Waals surface area contributed by atoms with Crippen molar-refractivity contribution in [1.82, 2.24) is 5.32 Å². The van der Waals surface area contributed by atoms with Crippen molar-refractivity contribution < 1.29 is 9.59 Å². The van der Waals surface area contributed by atoms with Crippen LogP contribution in [0.2, 0.25) is 4.34 Å². The van der Waals surface area contributed by atoms with E-state index in [9.17, 15) is 9.59 Å². The van der Waals surface area contributed by atoms with Crippen LogP contribution in [0.5, 0.6) is 0 Å². The van der Waals surface area contributed by atoms with Crippen molar-refractivity contribution in [2.24, 2.45) is 5.92 Å². The van der Waals surface area contributed by atoms with E-state index in [1.165, 1.54) is 0 Å². The Balaban J connectivity index is 2.57. The van der Waals surface area contributed by atoms with Gasteiger partial charge in [0.05, 0.1) is 9.21 Å². The summed E-state index contributed by atoms with van der Waals surface area (Å²) in [5.41, 5.74) is 0. The molecule has 0 atom stereocenters. The van der Waals surface area contributed by atoms with E-state index >= 15 is 0 Å². The highest BCUT2D eigenvalue weighted by Gasteiger charge is 2.17. The van der Waals surface area contributed by atoms with Gasteiger partial charge in [0.25, 0.3) is 11.7 Å². The molecular weight excluding hydrogens is 234 g/mol. The number of rotatable bonds is 4. The molecule has 0 unspecified atom stereocenters. The molecule has 0 bridgehead atoms. The van der Waals surface area contributed by atoms with E-state index in [1.54, 1.807) is 12.1 Å². The van der Waals surface area contributed by atoms with Gasteiger partial charge in [0.2, 0.25) is 0 Å². The summed E-state index contributed by atoms with van der Waals surface area (Å²) in [6.45, 7) is 4.43. The summed E-state index contributed by atoms with van der Waals surface area (Å²) in [7, 11) is 0. The Labute approximate surface area is 97.4 Å². The Morgan fingerprint density at radius 2 is 2.13 bits per heavy atom. The number of nitrogens with one attached hydrogen (secondary N) is 1. The highest BCUT2D eigenvalue weighted by atomic mass is 35.5. The van der Waals surface area contributed by atoms with Gasteiger partial charge < -0.3 is 5.32 Å². The second-order valence-corrected chi connectivity index (χ2v) is 5.25. The van der Waals surface area contributed by atoms with Crippen LogP contribution in [-0.4, -0.2) is 18.2 Å². The molecule has 82 valence electrons. The second kappa shape index (κ2) is 5.28. The molecule has 0 aromatic carbocycles. The van der Waals surface area contributed by atoms with Crippen LogP contribution in [0.1, 0.15) is 23.5 Å². The van der Waals surface area contributed by atoms with E-state index in [2.05, 4.69) is 5.32 Å². The Morgan fingerprint density at radius 3 is 2.60 bits per heavy atom. The Kier molecular flexibility index (Phi) is 4.29. The van der Waals surface area contributed by atoms with E-state index in [0.717, 1.165) is 11.3 Å². The largest absolute Gasteiger partial charge is 0.349 e. The predicted octanol–water partition coefficient (Wildman–Crippen LogP) is 2.36. The number of carbonyl (C=O) groups excluding carboxylic acids is 2.